The molecule has 1 unspecified atom stereocenters. The van der Waals surface area contributed by atoms with E-state index < -0.39 is 0 Å². The Morgan fingerprint density at radius 2 is 2.07 bits per heavy atom. The zero-order valence-corrected chi connectivity index (χ0v) is 10.1. The van der Waals surface area contributed by atoms with Crippen molar-refractivity contribution in [1.82, 2.24) is 15.1 Å². The van der Waals surface area contributed by atoms with Gasteiger partial charge in [-0.2, -0.15) is 0 Å². The second kappa shape index (κ2) is 5.95. The quantitative estimate of drug-likeness (QED) is 0.739. The highest BCUT2D eigenvalue weighted by molar-refractivity contribution is 5.75. The maximum Gasteiger partial charge on any atom is 0.320 e. The fourth-order valence-corrected chi connectivity index (χ4v) is 2.10. The Kier molecular flexibility index (Phi) is 4.88. The van der Waals surface area contributed by atoms with E-state index in [1.54, 1.807) is 0 Å². The minimum absolute atomic E-state index is 0.215. The van der Waals surface area contributed by atoms with E-state index in [9.17, 15) is 4.79 Å². The van der Waals surface area contributed by atoms with Gasteiger partial charge in [-0.25, -0.2) is 4.79 Å². The largest absolute Gasteiger partial charge is 0.325 e. The normalized spacial score (nSPS) is 19.5. The van der Waals surface area contributed by atoms with Gasteiger partial charge in [-0.05, 0) is 32.9 Å². The molecule has 0 aliphatic carbocycles. The molecule has 1 aliphatic rings. The summed E-state index contributed by atoms with van der Waals surface area (Å²) in [4.78, 5) is 15.8. The van der Waals surface area contributed by atoms with Crippen molar-refractivity contribution in [3.63, 3.8) is 0 Å². The first-order chi connectivity index (χ1) is 7.19. The molecule has 0 aromatic rings. The summed E-state index contributed by atoms with van der Waals surface area (Å²) in [6.07, 6.45) is 1.10. The summed E-state index contributed by atoms with van der Waals surface area (Å²) < 4.78 is 0. The lowest BCUT2D eigenvalue weighted by atomic mass is 10.1. The summed E-state index contributed by atoms with van der Waals surface area (Å²) in [5.41, 5.74) is 0. The fourth-order valence-electron chi connectivity index (χ4n) is 2.10. The molecule has 0 bridgehead atoms. The molecular weight excluding hydrogens is 190 g/mol. The molecule has 1 atom stereocenters. The number of hydrogen-bond acceptors (Lipinski definition) is 2. The summed E-state index contributed by atoms with van der Waals surface area (Å²) in [7, 11) is 1.95. The number of amides is 2. The lowest BCUT2D eigenvalue weighted by Crippen LogP contribution is -2.50. The third-order valence-electron chi connectivity index (χ3n) is 2.86. The van der Waals surface area contributed by atoms with E-state index in [0.29, 0.717) is 5.92 Å². The monoisotopic (exact) mass is 213 g/mol. The molecule has 0 saturated carbocycles. The van der Waals surface area contributed by atoms with Gasteiger partial charge in [0.15, 0.2) is 0 Å². The average Bonchev–Trinajstić information content (AvgIpc) is 2.21. The van der Waals surface area contributed by atoms with Gasteiger partial charge in [0, 0.05) is 26.2 Å². The minimum atomic E-state index is 0.215. The predicted octanol–water partition coefficient (Wildman–Crippen LogP) is 0.990. The van der Waals surface area contributed by atoms with Crippen LogP contribution in [0.15, 0.2) is 0 Å². The van der Waals surface area contributed by atoms with Crippen molar-refractivity contribution in [2.75, 3.05) is 39.8 Å². The van der Waals surface area contributed by atoms with Crippen molar-refractivity contribution < 1.29 is 4.79 Å². The number of rotatable bonds is 5. The second-order valence-electron chi connectivity index (χ2n) is 4.32. The molecule has 4 heteroatoms. The summed E-state index contributed by atoms with van der Waals surface area (Å²) in [5.74, 6) is 0.524. The smallest absolute Gasteiger partial charge is 0.320 e. The van der Waals surface area contributed by atoms with Crippen LogP contribution in [0.4, 0.5) is 4.79 Å². The topological polar surface area (TPSA) is 35.6 Å². The van der Waals surface area contributed by atoms with Gasteiger partial charge in [0.1, 0.15) is 0 Å². The third-order valence-corrected chi connectivity index (χ3v) is 2.86. The molecule has 1 N–H and O–H groups in total. The van der Waals surface area contributed by atoms with Gasteiger partial charge in [-0.15, -0.1) is 0 Å². The van der Waals surface area contributed by atoms with E-state index in [0.717, 1.165) is 39.1 Å². The molecule has 0 spiro atoms. The van der Waals surface area contributed by atoms with Gasteiger partial charge < -0.3 is 15.1 Å². The van der Waals surface area contributed by atoms with E-state index in [-0.39, 0.29) is 6.03 Å². The van der Waals surface area contributed by atoms with Crippen LogP contribution >= 0.6 is 0 Å². The molecule has 0 radical (unpaired) electrons. The number of urea groups is 1. The first-order valence-corrected chi connectivity index (χ1v) is 5.87. The van der Waals surface area contributed by atoms with E-state index in [2.05, 4.69) is 12.2 Å². The Bertz CT molecular complexity index is 208. The summed E-state index contributed by atoms with van der Waals surface area (Å²) in [5, 5.41) is 3.15. The first kappa shape index (κ1) is 12.3. The Morgan fingerprint density at radius 3 is 2.67 bits per heavy atom. The van der Waals surface area contributed by atoms with Crippen molar-refractivity contribution in [2.24, 2.45) is 5.92 Å². The second-order valence-corrected chi connectivity index (χ2v) is 4.32. The van der Waals surface area contributed by atoms with Crippen LogP contribution in [0.5, 0.6) is 0 Å². The number of carbonyl (C=O) groups excluding carboxylic acids is 1. The molecule has 88 valence electrons. The minimum Gasteiger partial charge on any atom is -0.325 e. The molecule has 2 amide bonds. The van der Waals surface area contributed by atoms with E-state index in [4.69, 9.17) is 0 Å². The molecule has 15 heavy (non-hydrogen) atoms. The average molecular weight is 213 g/mol. The highest BCUT2D eigenvalue weighted by Gasteiger charge is 2.24. The standard InChI is InChI=1S/C11H23N3O/c1-4-13-6-5-7-14(11(13)15)9-10(2)8-12-3/h10,12H,4-9H2,1-3H3. The Balaban J connectivity index is 2.43. The highest BCUT2D eigenvalue weighted by atomic mass is 16.2. The van der Waals surface area contributed by atoms with Gasteiger partial charge in [0.2, 0.25) is 0 Å². The van der Waals surface area contributed by atoms with Crippen LogP contribution < -0.4 is 5.32 Å². The van der Waals surface area contributed by atoms with Crippen LogP contribution in [0.3, 0.4) is 0 Å². The molecular formula is C11H23N3O. The zero-order chi connectivity index (χ0) is 11.3. The van der Waals surface area contributed by atoms with Gasteiger partial charge in [-0.1, -0.05) is 6.92 Å². The molecule has 0 aromatic carbocycles. The van der Waals surface area contributed by atoms with Crippen molar-refractivity contribution in [2.45, 2.75) is 20.3 Å². The van der Waals surface area contributed by atoms with Crippen LogP contribution in [0.2, 0.25) is 0 Å². The molecule has 1 heterocycles. The van der Waals surface area contributed by atoms with Crippen molar-refractivity contribution in [3.8, 4) is 0 Å². The van der Waals surface area contributed by atoms with E-state index >= 15 is 0 Å². The van der Waals surface area contributed by atoms with Crippen LogP contribution in [-0.4, -0.2) is 55.6 Å². The van der Waals surface area contributed by atoms with E-state index in [1.807, 2.05) is 23.8 Å². The lowest BCUT2D eigenvalue weighted by Gasteiger charge is -2.36. The van der Waals surface area contributed by atoms with Gasteiger partial charge in [0.25, 0.3) is 0 Å². The number of carbonyl (C=O) groups is 1. The number of nitrogens with one attached hydrogen (secondary N) is 1. The molecule has 0 aromatic heterocycles. The third kappa shape index (κ3) is 3.38. The van der Waals surface area contributed by atoms with Gasteiger partial charge in [0.05, 0.1) is 0 Å². The first-order valence-electron chi connectivity index (χ1n) is 5.87. The summed E-state index contributed by atoms with van der Waals surface area (Å²) in [6, 6.07) is 0.215. The van der Waals surface area contributed by atoms with Crippen LogP contribution in [0.1, 0.15) is 20.3 Å². The van der Waals surface area contributed by atoms with Crippen molar-refractivity contribution in [3.05, 3.63) is 0 Å². The SMILES string of the molecule is CCN1CCCN(CC(C)CNC)C1=O. The van der Waals surface area contributed by atoms with Crippen molar-refractivity contribution in [1.29, 1.82) is 0 Å². The maximum absolute atomic E-state index is 11.9. The number of nitrogens with zero attached hydrogens (tertiary/aromatic N) is 2. The molecule has 4 nitrogen and oxygen atoms in total. The van der Waals surface area contributed by atoms with Gasteiger partial charge in [-0.3, -0.25) is 0 Å². The molecule has 1 aliphatic heterocycles. The highest BCUT2D eigenvalue weighted by Crippen LogP contribution is 2.10. The van der Waals surface area contributed by atoms with Crippen LogP contribution in [-0.2, 0) is 0 Å². The summed E-state index contributed by atoms with van der Waals surface area (Å²) >= 11 is 0. The molecule has 1 rings (SSSR count). The zero-order valence-electron chi connectivity index (χ0n) is 10.1. The fraction of sp³-hybridized carbons (Fsp3) is 0.909. The van der Waals surface area contributed by atoms with E-state index in [1.165, 1.54) is 0 Å². The van der Waals surface area contributed by atoms with Crippen LogP contribution in [0.25, 0.3) is 0 Å². The predicted molar refractivity (Wildman–Crippen MR) is 61.9 cm³/mol. The Morgan fingerprint density at radius 1 is 1.40 bits per heavy atom. The van der Waals surface area contributed by atoms with Crippen molar-refractivity contribution >= 4 is 6.03 Å². The van der Waals surface area contributed by atoms with Gasteiger partial charge >= 0.3 is 6.03 Å². The maximum atomic E-state index is 11.9. The molecule has 1 saturated heterocycles. The number of hydrogen-bond donors (Lipinski definition) is 1. The Hall–Kier alpha value is -0.770. The molecule has 1 fully saturated rings. The summed E-state index contributed by atoms with van der Waals surface area (Å²) in [6.45, 7) is 8.73. The Labute approximate surface area is 92.6 Å². The van der Waals surface area contributed by atoms with Crippen LogP contribution in [0, 0.1) is 5.92 Å². The lowest BCUT2D eigenvalue weighted by molar-refractivity contribution is 0.125.